The number of carbonyl (C=O) groups is 1. The fourth-order valence-electron chi connectivity index (χ4n) is 1.32. The molecule has 0 atom stereocenters. The maximum atomic E-state index is 12.9. The van der Waals surface area contributed by atoms with Gasteiger partial charge in [0.25, 0.3) is 5.91 Å². The third-order valence-corrected chi connectivity index (χ3v) is 3.21. The molecule has 0 unspecified atom stereocenters. The van der Waals surface area contributed by atoms with E-state index in [-0.39, 0.29) is 30.0 Å². The molecule has 1 aromatic carbocycles. The van der Waals surface area contributed by atoms with Crippen molar-refractivity contribution < 1.29 is 22.7 Å². The molecule has 0 bridgehead atoms. The average Bonchev–Trinajstić information content (AvgIpc) is 2.26. The lowest BCUT2D eigenvalue weighted by molar-refractivity contribution is 0.0950. The molecular weight excluding hydrogens is 261 g/mol. The van der Waals surface area contributed by atoms with Crippen LogP contribution in [0.5, 0.6) is 5.75 Å². The number of phenols is 1. The highest BCUT2D eigenvalue weighted by Crippen LogP contribution is 2.17. The summed E-state index contributed by atoms with van der Waals surface area (Å²) in [6, 6.07) is 3.04. The van der Waals surface area contributed by atoms with Crippen LogP contribution in [-0.4, -0.2) is 38.0 Å². The fourth-order valence-corrected chi connectivity index (χ4v) is 1.99. The van der Waals surface area contributed by atoms with Crippen molar-refractivity contribution in [3.63, 3.8) is 0 Å². The topological polar surface area (TPSA) is 83.5 Å². The number of halogens is 1. The van der Waals surface area contributed by atoms with Gasteiger partial charge in [-0.1, -0.05) is 0 Å². The predicted molar refractivity (Wildman–Crippen MR) is 64.7 cm³/mol. The second-order valence-electron chi connectivity index (χ2n) is 3.90. The summed E-state index contributed by atoms with van der Waals surface area (Å²) in [5.74, 6) is -1.63. The van der Waals surface area contributed by atoms with Crippen LogP contribution in [-0.2, 0) is 9.84 Å². The number of hydrogen-bond donors (Lipinski definition) is 2. The summed E-state index contributed by atoms with van der Waals surface area (Å²) in [7, 11) is -3.06. The summed E-state index contributed by atoms with van der Waals surface area (Å²) >= 11 is 0. The van der Waals surface area contributed by atoms with Crippen molar-refractivity contribution in [2.24, 2.45) is 0 Å². The Morgan fingerprint density at radius 1 is 1.44 bits per heavy atom. The number of carbonyl (C=O) groups excluding carboxylic acids is 1. The van der Waals surface area contributed by atoms with Crippen LogP contribution in [0.4, 0.5) is 4.39 Å². The minimum absolute atomic E-state index is 0.0393. The van der Waals surface area contributed by atoms with E-state index in [9.17, 15) is 22.7 Å². The van der Waals surface area contributed by atoms with Gasteiger partial charge in [0.1, 0.15) is 21.4 Å². The summed E-state index contributed by atoms with van der Waals surface area (Å²) in [5, 5.41) is 11.8. The van der Waals surface area contributed by atoms with Crippen molar-refractivity contribution in [2.75, 3.05) is 18.6 Å². The summed E-state index contributed by atoms with van der Waals surface area (Å²) in [4.78, 5) is 11.6. The van der Waals surface area contributed by atoms with Crippen LogP contribution in [0.1, 0.15) is 16.8 Å². The zero-order chi connectivity index (χ0) is 13.8. The Hall–Kier alpha value is -1.63. The number of nitrogens with one attached hydrogen (secondary N) is 1. The third kappa shape index (κ3) is 4.70. The number of hydrogen-bond acceptors (Lipinski definition) is 4. The van der Waals surface area contributed by atoms with E-state index in [1.165, 1.54) is 0 Å². The first-order chi connectivity index (χ1) is 8.29. The molecule has 0 aliphatic heterocycles. The average molecular weight is 275 g/mol. The van der Waals surface area contributed by atoms with Gasteiger partial charge in [0, 0.05) is 12.8 Å². The second kappa shape index (κ2) is 5.81. The third-order valence-electron chi connectivity index (χ3n) is 2.18. The normalized spacial score (nSPS) is 11.2. The molecule has 0 radical (unpaired) electrons. The minimum Gasteiger partial charge on any atom is -0.507 e. The Morgan fingerprint density at radius 3 is 2.72 bits per heavy atom. The molecular formula is C11H14FNO4S. The smallest absolute Gasteiger partial charge is 0.255 e. The van der Waals surface area contributed by atoms with Crippen LogP contribution in [0.15, 0.2) is 18.2 Å². The van der Waals surface area contributed by atoms with Gasteiger partial charge in [-0.2, -0.15) is 0 Å². The highest BCUT2D eigenvalue weighted by Gasteiger charge is 2.11. The van der Waals surface area contributed by atoms with Crippen molar-refractivity contribution in [2.45, 2.75) is 6.42 Å². The summed E-state index contributed by atoms with van der Waals surface area (Å²) in [6.07, 6.45) is 1.37. The molecule has 0 aliphatic rings. The molecule has 0 saturated heterocycles. The van der Waals surface area contributed by atoms with Gasteiger partial charge in [-0.05, 0) is 24.6 Å². The van der Waals surface area contributed by atoms with Gasteiger partial charge in [-0.15, -0.1) is 0 Å². The van der Waals surface area contributed by atoms with Crippen LogP contribution < -0.4 is 5.32 Å². The van der Waals surface area contributed by atoms with Gasteiger partial charge in [-0.3, -0.25) is 4.79 Å². The van der Waals surface area contributed by atoms with Crippen LogP contribution >= 0.6 is 0 Å². The van der Waals surface area contributed by atoms with Gasteiger partial charge in [0.15, 0.2) is 0 Å². The van der Waals surface area contributed by atoms with Crippen LogP contribution in [0.2, 0.25) is 0 Å². The van der Waals surface area contributed by atoms with Crippen molar-refractivity contribution in [3.8, 4) is 5.75 Å². The van der Waals surface area contributed by atoms with Crippen molar-refractivity contribution in [3.05, 3.63) is 29.6 Å². The van der Waals surface area contributed by atoms with E-state index in [0.717, 1.165) is 24.5 Å². The molecule has 7 heteroatoms. The van der Waals surface area contributed by atoms with E-state index in [1.807, 2.05) is 0 Å². The van der Waals surface area contributed by atoms with E-state index in [1.54, 1.807) is 0 Å². The monoisotopic (exact) mass is 275 g/mol. The van der Waals surface area contributed by atoms with E-state index >= 15 is 0 Å². The lowest BCUT2D eigenvalue weighted by Crippen LogP contribution is -2.26. The van der Waals surface area contributed by atoms with Crippen LogP contribution in [0.3, 0.4) is 0 Å². The minimum atomic E-state index is -3.06. The van der Waals surface area contributed by atoms with Crippen LogP contribution in [0, 0.1) is 5.82 Å². The lowest BCUT2D eigenvalue weighted by Gasteiger charge is -2.06. The number of aromatic hydroxyl groups is 1. The Labute approximate surface area is 105 Å². The van der Waals surface area contributed by atoms with E-state index in [4.69, 9.17) is 0 Å². The van der Waals surface area contributed by atoms with Gasteiger partial charge in [0.05, 0.1) is 11.3 Å². The summed E-state index contributed by atoms with van der Waals surface area (Å²) in [6.45, 7) is 0.141. The molecule has 0 heterocycles. The van der Waals surface area contributed by atoms with E-state index < -0.39 is 21.6 Å². The van der Waals surface area contributed by atoms with E-state index in [2.05, 4.69) is 5.32 Å². The first-order valence-electron chi connectivity index (χ1n) is 5.24. The maximum Gasteiger partial charge on any atom is 0.255 e. The van der Waals surface area contributed by atoms with Gasteiger partial charge >= 0.3 is 0 Å². The summed E-state index contributed by atoms with van der Waals surface area (Å²) in [5.41, 5.74) is -0.172. The molecule has 18 heavy (non-hydrogen) atoms. The number of sulfone groups is 1. The quantitative estimate of drug-likeness (QED) is 0.775. The zero-order valence-electron chi connectivity index (χ0n) is 9.81. The summed E-state index contributed by atoms with van der Waals surface area (Å²) < 4.78 is 34.6. The number of rotatable bonds is 5. The standard InChI is InChI=1S/C11H14FNO4S/c1-18(16,17)6-2-5-13-11(15)9-7-8(12)3-4-10(9)14/h3-4,7,14H,2,5-6H2,1H3,(H,13,15). The Balaban J connectivity index is 2.53. The molecule has 1 rings (SSSR count). The molecule has 0 aromatic heterocycles. The predicted octanol–water partition coefficient (Wildman–Crippen LogP) is 0.696. The van der Waals surface area contributed by atoms with E-state index in [0.29, 0.717) is 0 Å². The Kier molecular flexibility index (Phi) is 4.66. The molecule has 2 N–H and O–H groups in total. The van der Waals surface area contributed by atoms with Gasteiger partial charge < -0.3 is 10.4 Å². The lowest BCUT2D eigenvalue weighted by atomic mass is 10.2. The first kappa shape index (κ1) is 14.4. The van der Waals surface area contributed by atoms with Crippen molar-refractivity contribution in [1.29, 1.82) is 0 Å². The number of amides is 1. The number of benzene rings is 1. The van der Waals surface area contributed by atoms with Crippen molar-refractivity contribution in [1.82, 2.24) is 5.32 Å². The molecule has 1 aromatic rings. The van der Waals surface area contributed by atoms with Gasteiger partial charge in [-0.25, -0.2) is 12.8 Å². The molecule has 100 valence electrons. The SMILES string of the molecule is CS(=O)(=O)CCCNC(=O)c1cc(F)ccc1O. The zero-order valence-corrected chi connectivity index (χ0v) is 10.6. The van der Waals surface area contributed by atoms with Gasteiger partial charge in [0.2, 0.25) is 0 Å². The highest BCUT2D eigenvalue weighted by atomic mass is 32.2. The maximum absolute atomic E-state index is 12.9. The number of phenolic OH excluding ortho intramolecular Hbond substituents is 1. The molecule has 0 spiro atoms. The first-order valence-corrected chi connectivity index (χ1v) is 7.30. The largest absolute Gasteiger partial charge is 0.507 e. The Bertz CT molecular complexity index is 542. The second-order valence-corrected chi connectivity index (χ2v) is 6.16. The fraction of sp³-hybridized carbons (Fsp3) is 0.364. The molecule has 1 amide bonds. The van der Waals surface area contributed by atoms with Crippen molar-refractivity contribution >= 4 is 15.7 Å². The Morgan fingerprint density at radius 2 is 2.11 bits per heavy atom. The van der Waals surface area contributed by atoms with Crippen LogP contribution in [0.25, 0.3) is 0 Å². The molecule has 5 nitrogen and oxygen atoms in total. The molecule has 0 aliphatic carbocycles. The molecule has 0 saturated carbocycles. The molecule has 0 fully saturated rings. The highest BCUT2D eigenvalue weighted by molar-refractivity contribution is 7.90.